The molecular formula is C22H30BrN5O3. The predicted molar refractivity (Wildman–Crippen MR) is 124 cm³/mol. The Morgan fingerprint density at radius 3 is 2.71 bits per heavy atom. The Labute approximate surface area is 190 Å². The zero-order chi connectivity index (χ0) is 22.4. The topological polar surface area (TPSA) is 99.3 Å². The predicted octanol–water partition coefficient (Wildman–Crippen LogP) is 4.56. The first-order chi connectivity index (χ1) is 14.6. The van der Waals surface area contributed by atoms with Crippen LogP contribution in [0.15, 0.2) is 16.9 Å². The largest absolute Gasteiger partial charge is 0.443 e. The van der Waals surface area contributed by atoms with Crippen LogP contribution in [0.25, 0.3) is 11.0 Å². The average Bonchev–Trinajstić information content (AvgIpc) is 3.33. The van der Waals surface area contributed by atoms with Gasteiger partial charge in [-0.3, -0.25) is 9.69 Å². The molecule has 2 amide bonds. The third-order valence-electron chi connectivity index (χ3n) is 5.89. The second-order valence-electron chi connectivity index (χ2n) is 9.75. The first-order valence-corrected chi connectivity index (χ1v) is 11.6. The lowest BCUT2D eigenvalue weighted by molar-refractivity contribution is -0.120. The van der Waals surface area contributed by atoms with E-state index in [4.69, 9.17) is 4.74 Å². The van der Waals surface area contributed by atoms with Crippen molar-refractivity contribution in [3.8, 4) is 0 Å². The Kier molecular flexibility index (Phi) is 5.76. The summed E-state index contributed by atoms with van der Waals surface area (Å²) in [5.74, 6) is -0.0116. The van der Waals surface area contributed by atoms with E-state index in [9.17, 15) is 9.59 Å². The highest BCUT2D eigenvalue weighted by molar-refractivity contribution is 9.10. The smallest absolute Gasteiger partial charge is 0.415 e. The van der Waals surface area contributed by atoms with Crippen molar-refractivity contribution >= 4 is 50.3 Å². The van der Waals surface area contributed by atoms with Crippen molar-refractivity contribution in [2.45, 2.75) is 65.0 Å². The summed E-state index contributed by atoms with van der Waals surface area (Å²) in [6.07, 6.45) is 6.58. The summed E-state index contributed by atoms with van der Waals surface area (Å²) in [5.41, 5.74) is 0.930. The fourth-order valence-electron chi connectivity index (χ4n) is 3.87. The van der Waals surface area contributed by atoms with Crippen molar-refractivity contribution < 1.29 is 14.3 Å². The number of hydrogen-bond donors (Lipinski definition) is 3. The molecule has 0 bridgehead atoms. The Bertz CT molecular complexity index is 1000. The van der Waals surface area contributed by atoms with Gasteiger partial charge < -0.3 is 20.4 Å². The van der Waals surface area contributed by atoms with Crippen LogP contribution in [0.3, 0.4) is 0 Å². The number of ether oxygens (including phenoxy) is 1. The molecule has 9 heteroatoms. The summed E-state index contributed by atoms with van der Waals surface area (Å²) in [7, 11) is 0. The Hall–Kier alpha value is -2.13. The molecule has 168 valence electrons. The van der Waals surface area contributed by atoms with Gasteiger partial charge in [0.05, 0.1) is 27.3 Å². The molecule has 1 atom stereocenters. The van der Waals surface area contributed by atoms with Gasteiger partial charge >= 0.3 is 6.09 Å². The molecule has 8 nitrogen and oxygen atoms in total. The first-order valence-electron chi connectivity index (χ1n) is 10.8. The highest BCUT2D eigenvalue weighted by atomic mass is 79.9. The lowest BCUT2D eigenvalue weighted by Crippen LogP contribution is -2.50. The lowest BCUT2D eigenvalue weighted by atomic mass is 10.0. The summed E-state index contributed by atoms with van der Waals surface area (Å²) in [4.78, 5) is 35.5. The van der Waals surface area contributed by atoms with Gasteiger partial charge in [-0.1, -0.05) is 6.92 Å². The molecule has 1 saturated heterocycles. The fraction of sp³-hybridized carbons (Fsp3) is 0.591. The van der Waals surface area contributed by atoms with Gasteiger partial charge in [0.25, 0.3) is 0 Å². The number of carbonyl (C=O) groups is 2. The molecular weight excluding hydrogens is 462 g/mol. The number of aromatic amines is 1. The van der Waals surface area contributed by atoms with Gasteiger partial charge in [0.1, 0.15) is 11.2 Å². The highest BCUT2D eigenvalue weighted by Crippen LogP contribution is 2.47. The molecule has 0 radical (unpaired) electrons. The van der Waals surface area contributed by atoms with Crippen LogP contribution in [0.1, 0.15) is 53.4 Å². The van der Waals surface area contributed by atoms with Crippen LogP contribution in [-0.4, -0.2) is 46.7 Å². The van der Waals surface area contributed by atoms with Gasteiger partial charge in [0.15, 0.2) is 0 Å². The molecule has 0 spiro atoms. The van der Waals surface area contributed by atoms with Gasteiger partial charge in [-0.2, -0.15) is 0 Å². The Balaban J connectivity index is 1.81. The van der Waals surface area contributed by atoms with Gasteiger partial charge in [-0.05, 0) is 68.9 Å². The number of halogens is 1. The number of piperidine rings is 1. The minimum atomic E-state index is -0.633. The normalized spacial score (nSPS) is 20.4. The standard InChI is InChI=1S/C22H30BrN5O3/c1-21(2,3)31-20(30)28(13-6-5-9-24-10-13)17-14(23)11-25-18-16(17)15(12-26-18)27-19(29)22(4)7-8-22/h11-13,24H,5-10H2,1-4H3,(H,25,26)(H,27,29)/t13-/m1/s1. The number of fused-ring (bicyclic) bond motifs is 1. The molecule has 2 aromatic rings. The van der Waals surface area contributed by atoms with Gasteiger partial charge in [-0.15, -0.1) is 0 Å². The van der Waals surface area contributed by atoms with Crippen molar-refractivity contribution in [2.24, 2.45) is 5.41 Å². The van der Waals surface area contributed by atoms with E-state index >= 15 is 0 Å². The second-order valence-corrected chi connectivity index (χ2v) is 10.6. The summed E-state index contributed by atoms with van der Waals surface area (Å²) in [5, 5.41) is 7.13. The summed E-state index contributed by atoms with van der Waals surface area (Å²) < 4.78 is 6.46. The summed E-state index contributed by atoms with van der Waals surface area (Å²) >= 11 is 3.61. The van der Waals surface area contributed by atoms with E-state index in [-0.39, 0.29) is 17.4 Å². The van der Waals surface area contributed by atoms with E-state index < -0.39 is 11.7 Å². The van der Waals surface area contributed by atoms with Gasteiger partial charge in [-0.25, -0.2) is 9.78 Å². The van der Waals surface area contributed by atoms with Crippen LogP contribution >= 0.6 is 15.9 Å². The maximum absolute atomic E-state index is 13.4. The minimum Gasteiger partial charge on any atom is -0.443 e. The molecule has 2 aliphatic rings. The van der Waals surface area contributed by atoms with Crippen LogP contribution in [0.5, 0.6) is 0 Å². The van der Waals surface area contributed by atoms with Crippen molar-refractivity contribution in [1.82, 2.24) is 15.3 Å². The fourth-order valence-corrected chi connectivity index (χ4v) is 4.36. The number of hydrogen-bond acceptors (Lipinski definition) is 5. The zero-order valence-electron chi connectivity index (χ0n) is 18.5. The van der Waals surface area contributed by atoms with E-state index in [2.05, 4.69) is 36.5 Å². The van der Waals surface area contributed by atoms with Gasteiger partial charge in [0.2, 0.25) is 5.91 Å². The van der Waals surface area contributed by atoms with Crippen LogP contribution in [-0.2, 0) is 9.53 Å². The van der Waals surface area contributed by atoms with E-state index in [1.54, 1.807) is 17.3 Å². The molecule has 4 rings (SSSR count). The second kappa shape index (κ2) is 8.09. The number of nitrogens with zero attached hydrogens (tertiary/aromatic N) is 2. The molecule has 0 unspecified atom stereocenters. The number of anilines is 2. The van der Waals surface area contributed by atoms with Crippen LogP contribution in [0, 0.1) is 5.41 Å². The molecule has 3 heterocycles. The van der Waals surface area contributed by atoms with Crippen molar-refractivity contribution in [3.05, 3.63) is 16.9 Å². The molecule has 1 aliphatic carbocycles. The van der Waals surface area contributed by atoms with Crippen LogP contribution in [0.2, 0.25) is 0 Å². The monoisotopic (exact) mass is 491 g/mol. The minimum absolute atomic E-state index is 0.0116. The third kappa shape index (κ3) is 4.57. The number of carbonyl (C=O) groups excluding carboxylic acids is 2. The quantitative estimate of drug-likeness (QED) is 0.582. The Morgan fingerprint density at radius 1 is 1.35 bits per heavy atom. The van der Waals surface area contributed by atoms with Crippen molar-refractivity contribution in [2.75, 3.05) is 23.3 Å². The molecule has 31 heavy (non-hydrogen) atoms. The van der Waals surface area contributed by atoms with E-state index in [0.29, 0.717) is 33.4 Å². The average molecular weight is 492 g/mol. The third-order valence-corrected chi connectivity index (χ3v) is 6.47. The zero-order valence-corrected chi connectivity index (χ0v) is 20.1. The maximum atomic E-state index is 13.4. The molecule has 1 saturated carbocycles. The number of aromatic nitrogens is 2. The van der Waals surface area contributed by atoms with E-state index in [1.807, 2.05) is 27.7 Å². The number of rotatable bonds is 4. The summed E-state index contributed by atoms with van der Waals surface area (Å²) in [6, 6.07) is -0.0788. The van der Waals surface area contributed by atoms with Crippen molar-refractivity contribution in [3.63, 3.8) is 0 Å². The molecule has 2 aromatic heterocycles. The SMILES string of the molecule is CC(C)(C)OC(=O)N(c1c(Br)cnc2[nH]cc(NC(=O)C3(C)CC3)c12)[C@@H]1CCCNC1. The lowest BCUT2D eigenvalue weighted by Gasteiger charge is -2.36. The van der Waals surface area contributed by atoms with Crippen molar-refractivity contribution in [1.29, 1.82) is 0 Å². The van der Waals surface area contributed by atoms with Gasteiger partial charge in [0, 0.05) is 24.4 Å². The van der Waals surface area contributed by atoms with Crippen LogP contribution < -0.4 is 15.5 Å². The first kappa shape index (κ1) is 22.1. The molecule has 2 fully saturated rings. The number of pyridine rings is 1. The Morgan fingerprint density at radius 2 is 2.10 bits per heavy atom. The molecule has 3 N–H and O–H groups in total. The molecule has 0 aromatic carbocycles. The number of H-pyrrole nitrogens is 1. The molecule has 1 aliphatic heterocycles. The van der Waals surface area contributed by atoms with E-state index in [0.717, 1.165) is 32.2 Å². The number of amides is 2. The van der Waals surface area contributed by atoms with Crippen LogP contribution in [0.4, 0.5) is 16.2 Å². The van der Waals surface area contributed by atoms with E-state index in [1.165, 1.54) is 0 Å². The summed E-state index contributed by atoms with van der Waals surface area (Å²) in [6.45, 7) is 9.13. The maximum Gasteiger partial charge on any atom is 0.415 e. The highest BCUT2D eigenvalue weighted by Gasteiger charge is 2.45. The number of nitrogens with one attached hydrogen (secondary N) is 3.